The van der Waals surface area contributed by atoms with Gasteiger partial charge in [-0.05, 0) is 106 Å². The predicted octanol–water partition coefficient (Wildman–Crippen LogP) is 6.85. The highest BCUT2D eigenvalue weighted by atomic mass is 16.3. The van der Waals surface area contributed by atoms with Crippen LogP contribution in [0, 0.1) is 39.4 Å². The molecule has 33 heavy (non-hydrogen) atoms. The molecule has 0 aromatic heterocycles. The number of hydrogen-bond donors (Lipinski definition) is 2. The smallest absolute Gasteiger partial charge is 0.138 e. The fourth-order valence-electron chi connectivity index (χ4n) is 9.40. The van der Waals surface area contributed by atoms with Crippen molar-refractivity contribution in [2.24, 2.45) is 39.4 Å². The van der Waals surface area contributed by atoms with Gasteiger partial charge in [0.1, 0.15) is 5.78 Å². The van der Waals surface area contributed by atoms with E-state index in [4.69, 9.17) is 0 Å². The second kappa shape index (κ2) is 7.92. The lowest BCUT2D eigenvalue weighted by atomic mass is 9.43. The van der Waals surface area contributed by atoms with E-state index in [1.807, 2.05) is 13.8 Å². The molecule has 0 radical (unpaired) electrons. The predicted molar refractivity (Wildman–Crippen MR) is 135 cm³/mol. The molecular formula is C30H50O3. The monoisotopic (exact) mass is 458 g/mol. The number of hydrogen-bond acceptors (Lipinski definition) is 3. The van der Waals surface area contributed by atoms with E-state index in [-0.39, 0.29) is 33.7 Å². The van der Waals surface area contributed by atoms with Crippen LogP contribution in [-0.2, 0) is 4.79 Å². The molecule has 7 atom stereocenters. The molecule has 0 saturated heterocycles. The summed E-state index contributed by atoms with van der Waals surface area (Å²) < 4.78 is 0. The van der Waals surface area contributed by atoms with Crippen LogP contribution in [0.2, 0.25) is 0 Å². The van der Waals surface area contributed by atoms with Crippen LogP contribution in [0.25, 0.3) is 0 Å². The Bertz CT molecular complexity index is 832. The second-order valence-corrected chi connectivity index (χ2v) is 14.3. The molecule has 2 N–H and O–H groups in total. The molecule has 3 nitrogen and oxygen atoms in total. The number of rotatable bonds is 5. The Labute approximate surface area is 202 Å². The number of ketones is 1. The van der Waals surface area contributed by atoms with E-state index in [1.165, 1.54) is 25.7 Å². The van der Waals surface area contributed by atoms with E-state index < -0.39 is 5.60 Å². The lowest BCUT2D eigenvalue weighted by Gasteiger charge is -2.61. The van der Waals surface area contributed by atoms with Gasteiger partial charge in [-0.15, -0.1) is 0 Å². The maximum atomic E-state index is 12.8. The summed E-state index contributed by atoms with van der Waals surface area (Å²) in [6, 6.07) is 0. The molecule has 2 fully saturated rings. The number of aliphatic hydroxyl groups excluding tert-OH is 1. The van der Waals surface area contributed by atoms with Crippen molar-refractivity contribution in [1.29, 1.82) is 0 Å². The van der Waals surface area contributed by atoms with Gasteiger partial charge in [0.15, 0.2) is 0 Å². The highest BCUT2D eigenvalue weighted by Crippen LogP contribution is 2.72. The minimum Gasteiger partial charge on any atom is -0.393 e. The topological polar surface area (TPSA) is 57.5 Å². The minimum atomic E-state index is -0.720. The van der Waals surface area contributed by atoms with Gasteiger partial charge in [0.2, 0.25) is 0 Å². The highest BCUT2D eigenvalue weighted by molar-refractivity contribution is 5.85. The average molecular weight is 459 g/mol. The zero-order chi connectivity index (χ0) is 24.6. The van der Waals surface area contributed by atoms with Crippen LogP contribution >= 0.6 is 0 Å². The van der Waals surface area contributed by atoms with Gasteiger partial charge < -0.3 is 10.2 Å². The third kappa shape index (κ3) is 3.70. The Kier molecular flexibility index (Phi) is 6.10. The Balaban J connectivity index is 1.63. The zero-order valence-electron chi connectivity index (χ0n) is 22.7. The van der Waals surface area contributed by atoms with E-state index in [0.29, 0.717) is 30.5 Å². The molecule has 0 aliphatic heterocycles. The van der Waals surface area contributed by atoms with Gasteiger partial charge in [-0.25, -0.2) is 0 Å². The SMILES string of the molecule is C[C@H]([C@H](O)CCC(C)(C)O)[C@H]1CC[C@@]2(C)C3=C(CC[C@]12C)[C@@]1(C)CCC(=O)C(C)(C)[C@@H]1CC3. The number of carbonyl (C=O) groups is 1. The van der Waals surface area contributed by atoms with Crippen LogP contribution in [0.1, 0.15) is 120 Å². The summed E-state index contributed by atoms with van der Waals surface area (Å²) in [7, 11) is 0. The van der Waals surface area contributed by atoms with Crippen molar-refractivity contribution in [3.8, 4) is 0 Å². The number of Topliss-reactive ketones (excluding diaryl/α,β-unsaturated/α-hetero) is 1. The first kappa shape index (κ1) is 25.4. The van der Waals surface area contributed by atoms with E-state index in [1.54, 1.807) is 11.1 Å². The molecule has 0 heterocycles. The van der Waals surface area contributed by atoms with Crippen molar-refractivity contribution in [3.63, 3.8) is 0 Å². The van der Waals surface area contributed by atoms with Crippen LogP contribution in [0.15, 0.2) is 11.1 Å². The van der Waals surface area contributed by atoms with Crippen LogP contribution in [0.4, 0.5) is 0 Å². The molecule has 2 saturated carbocycles. The molecule has 0 spiro atoms. The van der Waals surface area contributed by atoms with Crippen LogP contribution < -0.4 is 0 Å². The van der Waals surface area contributed by atoms with Crippen molar-refractivity contribution in [2.75, 3.05) is 0 Å². The fraction of sp³-hybridized carbons (Fsp3) is 0.900. The van der Waals surface area contributed by atoms with E-state index in [0.717, 1.165) is 25.7 Å². The number of carbonyl (C=O) groups excluding carboxylic acids is 1. The van der Waals surface area contributed by atoms with Crippen molar-refractivity contribution in [1.82, 2.24) is 0 Å². The summed E-state index contributed by atoms with van der Waals surface area (Å²) >= 11 is 0. The quantitative estimate of drug-likeness (QED) is 0.443. The van der Waals surface area contributed by atoms with Gasteiger partial charge in [-0.3, -0.25) is 4.79 Å². The van der Waals surface area contributed by atoms with Gasteiger partial charge in [-0.2, -0.15) is 0 Å². The number of allylic oxidation sites excluding steroid dienone is 2. The summed E-state index contributed by atoms with van der Waals surface area (Å²) in [5, 5.41) is 21.2. The first-order chi connectivity index (χ1) is 15.1. The Morgan fingerprint density at radius 3 is 2.27 bits per heavy atom. The molecule has 0 amide bonds. The van der Waals surface area contributed by atoms with E-state index in [2.05, 4.69) is 41.5 Å². The molecule has 188 valence electrons. The highest BCUT2D eigenvalue weighted by Gasteiger charge is 2.63. The van der Waals surface area contributed by atoms with Crippen molar-refractivity contribution >= 4 is 5.78 Å². The molecule has 4 aliphatic carbocycles. The van der Waals surface area contributed by atoms with Gasteiger partial charge in [0.05, 0.1) is 11.7 Å². The van der Waals surface area contributed by atoms with E-state index in [9.17, 15) is 15.0 Å². The average Bonchev–Trinajstić information content (AvgIpc) is 3.00. The third-order valence-corrected chi connectivity index (χ3v) is 11.9. The number of fused-ring (bicyclic) bond motifs is 4. The fourth-order valence-corrected chi connectivity index (χ4v) is 9.40. The van der Waals surface area contributed by atoms with Crippen LogP contribution in [0.3, 0.4) is 0 Å². The summed E-state index contributed by atoms with van der Waals surface area (Å²) in [6.07, 6.45) is 9.80. The molecule has 0 unspecified atom stereocenters. The van der Waals surface area contributed by atoms with Crippen LogP contribution in [0.5, 0.6) is 0 Å². The molecule has 0 bridgehead atoms. The minimum absolute atomic E-state index is 0.172. The molecule has 4 aliphatic rings. The summed E-state index contributed by atoms with van der Waals surface area (Å²) in [6.45, 7) is 17.9. The van der Waals surface area contributed by atoms with Crippen molar-refractivity contribution in [2.45, 2.75) is 131 Å². The Morgan fingerprint density at radius 1 is 0.970 bits per heavy atom. The van der Waals surface area contributed by atoms with Gasteiger partial charge in [0, 0.05) is 11.8 Å². The first-order valence-corrected chi connectivity index (χ1v) is 13.7. The summed E-state index contributed by atoms with van der Waals surface area (Å²) in [5.74, 6) is 1.70. The van der Waals surface area contributed by atoms with Crippen molar-refractivity contribution < 1.29 is 15.0 Å². The molecule has 3 heteroatoms. The molecule has 0 aromatic rings. The molecule has 4 rings (SSSR count). The van der Waals surface area contributed by atoms with Gasteiger partial charge >= 0.3 is 0 Å². The Hall–Kier alpha value is -0.670. The summed E-state index contributed by atoms with van der Waals surface area (Å²) in [4.78, 5) is 12.8. The maximum absolute atomic E-state index is 12.8. The molecular weight excluding hydrogens is 408 g/mol. The normalized spacial score (nSPS) is 42.4. The number of aliphatic hydroxyl groups is 2. The lowest BCUT2D eigenvalue weighted by molar-refractivity contribution is -0.139. The third-order valence-electron chi connectivity index (χ3n) is 11.9. The standard InChI is InChI=1S/C30H50O3/c1-19(23(31)13-15-26(2,3)33)20-11-17-30(8)22-9-10-24-27(4,5)25(32)14-16-28(24,6)21(22)12-18-29(20,30)7/h19-20,23-24,31,33H,9-18H2,1-8H3/t19-,20+,23+,24-,28+,29+,30-/m0/s1. The first-order valence-electron chi connectivity index (χ1n) is 13.7. The Morgan fingerprint density at radius 2 is 1.64 bits per heavy atom. The van der Waals surface area contributed by atoms with Crippen LogP contribution in [-0.4, -0.2) is 27.7 Å². The maximum Gasteiger partial charge on any atom is 0.138 e. The summed E-state index contributed by atoms with van der Waals surface area (Å²) in [5.41, 5.74) is 3.12. The second-order valence-electron chi connectivity index (χ2n) is 14.3. The van der Waals surface area contributed by atoms with Gasteiger partial charge in [0.25, 0.3) is 0 Å². The largest absolute Gasteiger partial charge is 0.393 e. The van der Waals surface area contributed by atoms with Gasteiger partial charge in [-0.1, -0.05) is 52.7 Å². The van der Waals surface area contributed by atoms with Crippen molar-refractivity contribution in [3.05, 3.63) is 11.1 Å². The zero-order valence-corrected chi connectivity index (χ0v) is 22.7. The molecule has 0 aromatic carbocycles. The van der Waals surface area contributed by atoms with E-state index >= 15 is 0 Å². The lowest BCUT2D eigenvalue weighted by Crippen LogP contribution is -2.54.